The summed E-state index contributed by atoms with van der Waals surface area (Å²) in [6.45, 7) is 3.82. The lowest BCUT2D eigenvalue weighted by molar-refractivity contribution is -0.0625. The Bertz CT molecular complexity index is 279. The molecule has 1 atom stereocenters. The van der Waals surface area contributed by atoms with Crippen LogP contribution >= 0.6 is 0 Å². The molecule has 0 bridgehead atoms. The second kappa shape index (κ2) is 5.42. The molecule has 0 heterocycles. The summed E-state index contributed by atoms with van der Waals surface area (Å²) >= 11 is 0. The second-order valence-electron chi connectivity index (χ2n) is 2.91. The minimum atomic E-state index is -0.896. The Morgan fingerprint density at radius 2 is 2.00 bits per heavy atom. The Labute approximate surface area is 83.3 Å². The molecular weight excluding hydrogens is 180 g/mol. The number of aliphatic hydroxyl groups is 1. The van der Waals surface area contributed by atoms with Crippen LogP contribution in [0.2, 0.25) is 0 Å². The van der Waals surface area contributed by atoms with Crippen LogP contribution in [0, 0.1) is 0 Å². The van der Waals surface area contributed by atoms with Gasteiger partial charge in [-0.25, -0.2) is 0 Å². The van der Waals surface area contributed by atoms with Crippen molar-refractivity contribution in [2.24, 2.45) is 0 Å². The van der Waals surface area contributed by atoms with Crippen molar-refractivity contribution in [3.8, 4) is 5.75 Å². The van der Waals surface area contributed by atoms with Crippen molar-refractivity contribution in [1.82, 2.24) is 0 Å². The molecule has 0 aromatic heterocycles. The SMILES string of the molecule is C=CC(O)OCCc1ccc(O)cc1. The summed E-state index contributed by atoms with van der Waals surface area (Å²) in [4.78, 5) is 0. The number of phenolic OH excluding ortho intramolecular Hbond substituents is 1. The van der Waals surface area contributed by atoms with E-state index >= 15 is 0 Å². The molecule has 0 aliphatic heterocycles. The molecule has 76 valence electrons. The number of hydrogen-bond acceptors (Lipinski definition) is 3. The van der Waals surface area contributed by atoms with Gasteiger partial charge in [0.2, 0.25) is 0 Å². The highest BCUT2D eigenvalue weighted by Gasteiger charge is 1.98. The first-order valence-electron chi connectivity index (χ1n) is 4.42. The van der Waals surface area contributed by atoms with Crippen LogP contribution in [0.25, 0.3) is 0 Å². The van der Waals surface area contributed by atoms with Crippen molar-refractivity contribution in [1.29, 1.82) is 0 Å². The zero-order chi connectivity index (χ0) is 10.4. The van der Waals surface area contributed by atoms with Gasteiger partial charge in [0.15, 0.2) is 6.29 Å². The van der Waals surface area contributed by atoms with Crippen molar-refractivity contribution in [3.05, 3.63) is 42.5 Å². The van der Waals surface area contributed by atoms with E-state index in [-0.39, 0.29) is 5.75 Å². The molecule has 1 aromatic rings. The van der Waals surface area contributed by atoms with E-state index in [0.717, 1.165) is 5.56 Å². The van der Waals surface area contributed by atoms with E-state index in [0.29, 0.717) is 13.0 Å². The molecule has 0 radical (unpaired) electrons. The van der Waals surface area contributed by atoms with Crippen LogP contribution in [0.3, 0.4) is 0 Å². The third kappa shape index (κ3) is 3.60. The molecule has 2 N–H and O–H groups in total. The summed E-state index contributed by atoms with van der Waals surface area (Å²) in [5.74, 6) is 0.251. The maximum Gasteiger partial charge on any atom is 0.173 e. The lowest BCUT2D eigenvalue weighted by Crippen LogP contribution is -2.10. The molecule has 1 aromatic carbocycles. The van der Waals surface area contributed by atoms with Crippen molar-refractivity contribution in [2.45, 2.75) is 12.7 Å². The molecule has 0 fully saturated rings. The van der Waals surface area contributed by atoms with Crippen LogP contribution in [-0.4, -0.2) is 23.1 Å². The van der Waals surface area contributed by atoms with Gasteiger partial charge in [0.1, 0.15) is 5.75 Å². The number of rotatable bonds is 5. The van der Waals surface area contributed by atoms with E-state index in [1.54, 1.807) is 12.1 Å². The fraction of sp³-hybridized carbons (Fsp3) is 0.273. The molecule has 0 saturated heterocycles. The Hall–Kier alpha value is -1.32. The third-order valence-corrected chi connectivity index (χ3v) is 1.82. The zero-order valence-corrected chi connectivity index (χ0v) is 7.89. The fourth-order valence-corrected chi connectivity index (χ4v) is 1.03. The van der Waals surface area contributed by atoms with Crippen molar-refractivity contribution in [3.63, 3.8) is 0 Å². The first-order chi connectivity index (χ1) is 6.72. The van der Waals surface area contributed by atoms with Gasteiger partial charge in [0.25, 0.3) is 0 Å². The summed E-state index contributed by atoms with van der Waals surface area (Å²) < 4.78 is 5.00. The number of benzene rings is 1. The van der Waals surface area contributed by atoms with Crippen LogP contribution in [0.4, 0.5) is 0 Å². The average molecular weight is 194 g/mol. The Morgan fingerprint density at radius 3 is 2.57 bits per heavy atom. The normalized spacial score (nSPS) is 12.4. The van der Waals surface area contributed by atoms with Crippen LogP contribution in [0.1, 0.15) is 5.56 Å². The molecule has 0 aliphatic rings. The summed E-state index contributed by atoms with van der Waals surface area (Å²) in [7, 11) is 0. The van der Waals surface area contributed by atoms with Gasteiger partial charge < -0.3 is 14.9 Å². The maximum atomic E-state index is 9.02. The Balaban J connectivity index is 2.31. The largest absolute Gasteiger partial charge is 0.508 e. The smallest absolute Gasteiger partial charge is 0.173 e. The molecule has 1 unspecified atom stereocenters. The zero-order valence-electron chi connectivity index (χ0n) is 7.89. The van der Waals surface area contributed by atoms with Crippen molar-refractivity contribution in [2.75, 3.05) is 6.61 Å². The van der Waals surface area contributed by atoms with Crippen LogP contribution in [0.5, 0.6) is 5.75 Å². The van der Waals surface area contributed by atoms with Crippen LogP contribution in [-0.2, 0) is 11.2 Å². The topological polar surface area (TPSA) is 49.7 Å². The highest BCUT2D eigenvalue weighted by Crippen LogP contribution is 2.10. The second-order valence-corrected chi connectivity index (χ2v) is 2.91. The van der Waals surface area contributed by atoms with E-state index in [2.05, 4.69) is 6.58 Å². The van der Waals surface area contributed by atoms with Crippen molar-refractivity contribution >= 4 is 0 Å². The molecule has 3 nitrogen and oxygen atoms in total. The van der Waals surface area contributed by atoms with E-state index in [9.17, 15) is 0 Å². The molecule has 0 aliphatic carbocycles. The fourth-order valence-electron chi connectivity index (χ4n) is 1.03. The first-order valence-corrected chi connectivity index (χ1v) is 4.42. The van der Waals surface area contributed by atoms with Gasteiger partial charge in [0, 0.05) is 0 Å². The van der Waals surface area contributed by atoms with E-state index in [1.165, 1.54) is 6.08 Å². The highest BCUT2D eigenvalue weighted by atomic mass is 16.6. The lowest BCUT2D eigenvalue weighted by Gasteiger charge is -2.07. The van der Waals surface area contributed by atoms with Gasteiger partial charge in [-0.2, -0.15) is 0 Å². The monoisotopic (exact) mass is 194 g/mol. The maximum absolute atomic E-state index is 9.02. The summed E-state index contributed by atoms with van der Waals surface area (Å²) in [5, 5.41) is 18.0. The van der Waals surface area contributed by atoms with Gasteiger partial charge in [-0.3, -0.25) is 0 Å². The summed E-state index contributed by atoms with van der Waals surface area (Å²) in [5.41, 5.74) is 1.05. The Kier molecular flexibility index (Phi) is 4.16. The summed E-state index contributed by atoms with van der Waals surface area (Å²) in [6.07, 6.45) is 1.13. The molecular formula is C11H14O3. The number of ether oxygens (including phenoxy) is 1. The molecule has 0 spiro atoms. The van der Waals surface area contributed by atoms with Gasteiger partial charge >= 0.3 is 0 Å². The standard InChI is InChI=1S/C11H14O3/c1-2-11(13)14-8-7-9-3-5-10(12)6-4-9/h2-6,11-13H,1,7-8H2. The predicted octanol–water partition coefficient (Wildman–Crippen LogP) is 1.46. The van der Waals surface area contributed by atoms with Gasteiger partial charge in [-0.1, -0.05) is 18.7 Å². The molecule has 1 rings (SSSR count). The van der Waals surface area contributed by atoms with E-state index < -0.39 is 6.29 Å². The highest BCUT2D eigenvalue weighted by molar-refractivity contribution is 5.25. The number of hydrogen-bond donors (Lipinski definition) is 2. The lowest BCUT2D eigenvalue weighted by atomic mass is 10.1. The molecule has 3 heteroatoms. The van der Waals surface area contributed by atoms with Gasteiger partial charge in [-0.15, -0.1) is 0 Å². The van der Waals surface area contributed by atoms with Gasteiger partial charge in [0.05, 0.1) is 6.61 Å². The molecule has 14 heavy (non-hydrogen) atoms. The number of aliphatic hydroxyl groups excluding tert-OH is 1. The minimum absolute atomic E-state index is 0.251. The number of phenols is 1. The van der Waals surface area contributed by atoms with Gasteiger partial charge in [-0.05, 0) is 30.2 Å². The molecule has 0 saturated carbocycles. The Morgan fingerprint density at radius 1 is 1.36 bits per heavy atom. The average Bonchev–Trinajstić information content (AvgIpc) is 2.21. The predicted molar refractivity (Wildman–Crippen MR) is 54.0 cm³/mol. The first kappa shape index (κ1) is 10.8. The minimum Gasteiger partial charge on any atom is -0.508 e. The van der Waals surface area contributed by atoms with Crippen LogP contribution < -0.4 is 0 Å². The molecule has 0 amide bonds. The van der Waals surface area contributed by atoms with E-state index in [4.69, 9.17) is 14.9 Å². The third-order valence-electron chi connectivity index (χ3n) is 1.82. The van der Waals surface area contributed by atoms with Crippen LogP contribution in [0.15, 0.2) is 36.9 Å². The number of aromatic hydroxyl groups is 1. The van der Waals surface area contributed by atoms with E-state index in [1.807, 2.05) is 12.1 Å². The summed E-state index contributed by atoms with van der Waals surface area (Å²) in [6, 6.07) is 6.89. The van der Waals surface area contributed by atoms with Crippen molar-refractivity contribution < 1.29 is 14.9 Å². The quantitative estimate of drug-likeness (QED) is 0.551.